The Morgan fingerprint density at radius 2 is 1.92 bits per heavy atom. The van der Waals surface area contributed by atoms with E-state index in [-0.39, 0.29) is 5.56 Å². The quantitative estimate of drug-likeness (QED) is 0.682. The van der Waals surface area contributed by atoms with Gasteiger partial charge in [0.1, 0.15) is 0 Å². The van der Waals surface area contributed by atoms with Crippen LogP contribution in [0.4, 0.5) is 13.2 Å². The van der Waals surface area contributed by atoms with Gasteiger partial charge in [-0.2, -0.15) is 9.65 Å². The maximum Gasteiger partial charge on any atom is 0.203 e. The molecule has 68 valence electrons. The van der Waals surface area contributed by atoms with Crippen LogP contribution >= 0.6 is 0 Å². The second-order valence-corrected chi connectivity index (χ2v) is 2.33. The Bertz CT molecular complexity index is 384. The molecular weight excluding hydrogens is 183 g/mol. The summed E-state index contributed by atoms with van der Waals surface area (Å²) >= 11 is 0. The van der Waals surface area contributed by atoms with Gasteiger partial charge in [0, 0.05) is 5.56 Å². The van der Waals surface area contributed by atoms with Gasteiger partial charge in [-0.05, 0) is 6.07 Å². The Balaban J connectivity index is 3.34. The molecule has 0 atom stereocenters. The Morgan fingerprint density at radius 1 is 1.31 bits per heavy atom. The molecule has 0 aromatic heterocycles. The van der Waals surface area contributed by atoms with E-state index in [0.717, 1.165) is 0 Å². The van der Waals surface area contributed by atoms with Crippen molar-refractivity contribution in [2.24, 2.45) is 0 Å². The summed E-state index contributed by atoms with van der Waals surface area (Å²) in [7, 11) is 0. The lowest BCUT2D eigenvalue weighted by Crippen LogP contribution is -1.95. The van der Waals surface area contributed by atoms with E-state index in [1.807, 2.05) is 0 Å². The first-order valence-electron chi connectivity index (χ1n) is 3.30. The highest BCUT2D eigenvalue weighted by atomic mass is 19.2. The summed E-state index contributed by atoms with van der Waals surface area (Å²) < 4.78 is 37.8. The van der Waals surface area contributed by atoms with E-state index in [1.54, 1.807) is 6.07 Å². The molecule has 1 aromatic rings. The fourth-order valence-corrected chi connectivity index (χ4v) is 0.855. The Hall–Kier alpha value is -1.70. The minimum absolute atomic E-state index is 0.362. The highest BCUT2D eigenvalue weighted by Crippen LogP contribution is 2.25. The first-order valence-corrected chi connectivity index (χ1v) is 3.30. The van der Waals surface area contributed by atoms with Gasteiger partial charge in [0.05, 0.1) is 12.5 Å². The van der Waals surface area contributed by atoms with Crippen molar-refractivity contribution in [2.75, 3.05) is 0 Å². The average molecular weight is 187 g/mol. The van der Waals surface area contributed by atoms with Gasteiger partial charge in [-0.25, -0.2) is 8.78 Å². The minimum Gasteiger partial charge on any atom is -0.503 e. The van der Waals surface area contributed by atoms with Crippen LogP contribution in [0.25, 0.3) is 0 Å². The molecule has 0 unspecified atom stereocenters. The van der Waals surface area contributed by atoms with E-state index in [9.17, 15) is 13.2 Å². The average Bonchev–Trinajstić information content (AvgIpc) is 2.11. The van der Waals surface area contributed by atoms with Gasteiger partial charge in [0.25, 0.3) is 0 Å². The minimum atomic E-state index is -1.64. The monoisotopic (exact) mass is 187 g/mol. The van der Waals surface area contributed by atoms with Crippen LogP contribution in [0.1, 0.15) is 5.56 Å². The summed E-state index contributed by atoms with van der Waals surface area (Å²) in [4.78, 5) is 0. The van der Waals surface area contributed by atoms with Crippen molar-refractivity contribution >= 4 is 0 Å². The summed E-state index contributed by atoms with van der Waals surface area (Å²) in [6, 6.07) is 2.11. The van der Waals surface area contributed by atoms with Gasteiger partial charge < -0.3 is 5.11 Å². The number of rotatable bonds is 1. The molecule has 0 heterocycles. The zero-order chi connectivity index (χ0) is 10.0. The molecule has 0 saturated heterocycles. The van der Waals surface area contributed by atoms with Crippen LogP contribution in [0.2, 0.25) is 0 Å². The fourth-order valence-electron chi connectivity index (χ4n) is 0.855. The second-order valence-electron chi connectivity index (χ2n) is 2.33. The highest BCUT2D eigenvalue weighted by Gasteiger charge is 2.17. The maximum atomic E-state index is 12.8. The largest absolute Gasteiger partial charge is 0.503 e. The van der Waals surface area contributed by atoms with E-state index >= 15 is 0 Å². The Kier molecular flexibility index (Phi) is 2.42. The summed E-state index contributed by atoms with van der Waals surface area (Å²) in [5.74, 6) is -5.69. The molecular formula is C8H4F3NO. The van der Waals surface area contributed by atoms with E-state index < -0.39 is 29.6 Å². The first-order chi connectivity index (χ1) is 6.07. The topological polar surface area (TPSA) is 44.0 Å². The summed E-state index contributed by atoms with van der Waals surface area (Å²) in [6.07, 6.45) is -0.420. The summed E-state index contributed by atoms with van der Waals surface area (Å²) in [5.41, 5.74) is -0.362. The van der Waals surface area contributed by atoms with Gasteiger partial charge in [-0.1, -0.05) is 0 Å². The zero-order valence-corrected chi connectivity index (χ0v) is 6.31. The highest BCUT2D eigenvalue weighted by molar-refractivity contribution is 5.33. The number of aromatic hydroxyl groups is 1. The number of nitriles is 1. The van der Waals surface area contributed by atoms with E-state index in [4.69, 9.17) is 10.4 Å². The van der Waals surface area contributed by atoms with E-state index in [1.165, 1.54) is 0 Å². The third-order valence-electron chi connectivity index (χ3n) is 1.48. The van der Waals surface area contributed by atoms with Crippen molar-refractivity contribution in [1.82, 2.24) is 0 Å². The molecule has 5 heteroatoms. The van der Waals surface area contributed by atoms with Gasteiger partial charge in [0.15, 0.2) is 17.4 Å². The molecule has 13 heavy (non-hydrogen) atoms. The number of phenolic OH excluding ortho intramolecular Hbond substituents is 1. The molecule has 0 aliphatic carbocycles. The molecule has 0 aliphatic heterocycles. The molecule has 1 rings (SSSR count). The van der Waals surface area contributed by atoms with Crippen molar-refractivity contribution in [3.05, 3.63) is 29.1 Å². The SMILES string of the molecule is N#CCc1cc(F)c(F)c(O)c1F. The van der Waals surface area contributed by atoms with Crippen LogP contribution in [0.15, 0.2) is 6.07 Å². The van der Waals surface area contributed by atoms with Crippen molar-refractivity contribution in [1.29, 1.82) is 5.26 Å². The lowest BCUT2D eigenvalue weighted by atomic mass is 10.1. The number of hydrogen-bond acceptors (Lipinski definition) is 2. The number of hydrogen-bond donors (Lipinski definition) is 1. The standard InChI is InChI=1S/C8H4F3NO/c9-5-3-4(1-2-12)6(10)8(13)7(5)11/h3,13H,1H2. The van der Waals surface area contributed by atoms with Crippen molar-refractivity contribution in [3.63, 3.8) is 0 Å². The van der Waals surface area contributed by atoms with Gasteiger partial charge >= 0.3 is 0 Å². The molecule has 0 spiro atoms. The van der Waals surface area contributed by atoms with Gasteiger partial charge in [-0.15, -0.1) is 0 Å². The van der Waals surface area contributed by atoms with Crippen LogP contribution < -0.4 is 0 Å². The normalized spacial score (nSPS) is 9.69. The van der Waals surface area contributed by atoms with Gasteiger partial charge in [0.2, 0.25) is 5.82 Å². The van der Waals surface area contributed by atoms with E-state index in [0.29, 0.717) is 6.07 Å². The fraction of sp³-hybridized carbons (Fsp3) is 0.125. The lowest BCUT2D eigenvalue weighted by Gasteiger charge is -2.02. The van der Waals surface area contributed by atoms with Crippen LogP contribution in [0.3, 0.4) is 0 Å². The maximum absolute atomic E-state index is 12.8. The molecule has 0 aliphatic rings. The smallest absolute Gasteiger partial charge is 0.203 e. The molecule has 0 amide bonds. The predicted molar refractivity (Wildman–Crippen MR) is 37.3 cm³/mol. The molecule has 0 saturated carbocycles. The number of nitrogens with zero attached hydrogens (tertiary/aromatic N) is 1. The molecule has 1 aromatic carbocycles. The van der Waals surface area contributed by atoms with Crippen LogP contribution in [-0.2, 0) is 6.42 Å². The number of benzene rings is 1. The summed E-state index contributed by atoms with van der Waals surface area (Å²) in [6.45, 7) is 0. The zero-order valence-electron chi connectivity index (χ0n) is 6.31. The van der Waals surface area contributed by atoms with Gasteiger partial charge in [-0.3, -0.25) is 0 Å². The molecule has 0 bridgehead atoms. The van der Waals surface area contributed by atoms with E-state index in [2.05, 4.69) is 0 Å². The number of phenols is 1. The number of halogens is 3. The molecule has 0 fully saturated rings. The van der Waals surface area contributed by atoms with Crippen LogP contribution in [0.5, 0.6) is 5.75 Å². The third kappa shape index (κ3) is 1.56. The first kappa shape index (κ1) is 9.39. The van der Waals surface area contributed by atoms with Crippen LogP contribution in [-0.4, -0.2) is 5.11 Å². The molecule has 0 radical (unpaired) electrons. The predicted octanol–water partition coefficient (Wildman–Crippen LogP) is 1.88. The van der Waals surface area contributed by atoms with Crippen molar-refractivity contribution < 1.29 is 18.3 Å². The molecule has 2 nitrogen and oxygen atoms in total. The lowest BCUT2D eigenvalue weighted by molar-refractivity contribution is 0.374. The Labute approximate surface area is 71.8 Å². The molecule has 1 N–H and O–H groups in total. The van der Waals surface area contributed by atoms with Crippen LogP contribution in [0, 0.1) is 28.8 Å². The van der Waals surface area contributed by atoms with Crippen molar-refractivity contribution in [2.45, 2.75) is 6.42 Å². The summed E-state index contributed by atoms with van der Waals surface area (Å²) in [5, 5.41) is 16.9. The Morgan fingerprint density at radius 3 is 2.46 bits per heavy atom. The van der Waals surface area contributed by atoms with Crippen molar-refractivity contribution in [3.8, 4) is 11.8 Å². The second kappa shape index (κ2) is 3.35. The third-order valence-corrected chi connectivity index (χ3v) is 1.48.